The number of rotatable bonds is 34. The van der Waals surface area contributed by atoms with E-state index in [-0.39, 0.29) is 80.5 Å². The summed E-state index contributed by atoms with van der Waals surface area (Å²) in [7, 11) is 8.63. The first-order valence-corrected chi connectivity index (χ1v) is 22.1. The number of ether oxygens (including phenoxy) is 4. The number of nitrogens with zero attached hydrogens (tertiary/aromatic N) is 2. The lowest BCUT2D eigenvalue weighted by molar-refractivity contribution is -0.147. The van der Waals surface area contributed by atoms with Crippen molar-refractivity contribution in [1.29, 1.82) is 0 Å². The van der Waals surface area contributed by atoms with E-state index in [0.29, 0.717) is 13.1 Å². The molecule has 304 valence electrons. The summed E-state index contributed by atoms with van der Waals surface area (Å²) in [6, 6.07) is 2.62. The molecule has 0 aromatic rings. The lowest BCUT2D eigenvalue weighted by atomic mass is 10.1. The van der Waals surface area contributed by atoms with Crippen LogP contribution in [-0.2, 0) is 47.0 Å². The summed E-state index contributed by atoms with van der Waals surface area (Å²) < 4.78 is 29.0. The molecule has 0 aliphatic rings. The highest BCUT2D eigenvalue weighted by molar-refractivity contribution is 6.27. The van der Waals surface area contributed by atoms with Crippen LogP contribution in [0.3, 0.4) is 0 Å². The average molecular weight is 783 g/mol. The molecule has 0 heterocycles. The lowest BCUT2D eigenvalue weighted by Crippen LogP contribution is -2.36. The number of carbonyl (C=O) groups excluding carboxylic acids is 4. The van der Waals surface area contributed by atoms with Gasteiger partial charge < -0.3 is 27.8 Å². The van der Waals surface area contributed by atoms with Crippen LogP contribution in [0.15, 0.2) is 0 Å². The summed E-state index contributed by atoms with van der Waals surface area (Å²) in [5.41, 5.74) is 0. The summed E-state index contributed by atoms with van der Waals surface area (Å²) in [6.07, 6.45) is 22.4. The quantitative estimate of drug-likeness (QED) is 0.0412. The SMILES string of the molecule is CO[SiH2]CCCCCCCCCCCN(CC(=O)OC)CC(=O)OC.CO[SiH2]CCCCCCCCCCCN(CC(=O)OC)CC(=O)OC.[SiH4]. The van der Waals surface area contributed by atoms with Gasteiger partial charge in [0.15, 0.2) is 19.5 Å². The standard InChI is InChI=1S/2C18H37NO5Si.H4Si/c2*1-22-17(20)15-19(16-18(21)23-2)13-11-9-7-5-4-6-8-10-12-14-25-24-3;/h2*4-16,25H2,1-3H3;1H4. The van der Waals surface area contributed by atoms with Crippen LogP contribution in [-0.4, -0.2) is 146 Å². The fourth-order valence-corrected chi connectivity index (χ4v) is 7.10. The van der Waals surface area contributed by atoms with Gasteiger partial charge >= 0.3 is 23.9 Å². The van der Waals surface area contributed by atoms with Gasteiger partial charge in [0, 0.05) is 14.2 Å². The summed E-state index contributed by atoms with van der Waals surface area (Å²) in [4.78, 5) is 49.1. The fourth-order valence-electron chi connectivity index (χ4n) is 5.41. The van der Waals surface area contributed by atoms with Crippen LogP contribution < -0.4 is 0 Å². The van der Waals surface area contributed by atoms with Gasteiger partial charge in [-0.05, 0) is 49.0 Å². The molecule has 0 spiro atoms. The van der Waals surface area contributed by atoms with Crippen molar-refractivity contribution in [1.82, 2.24) is 9.80 Å². The molecule has 0 bridgehead atoms. The third-order valence-corrected chi connectivity index (χ3v) is 10.9. The molecule has 0 unspecified atom stereocenters. The van der Waals surface area contributed by atoms with Crippen LogP contribution in [0.2, 0.25) is 12.1 Å². The molecule has 0 aliphatic carbocycles. The predicted molar refractivity (Wildman–Crippen MR) is 216 cm³/mol. The number of carbonyl (C=O) groups is 4. The van der Waals surface area contributed by atoms with E-state index in [0.717, 1.165) is 25.7 Å². The van der Waals surface area contributed by atoms with E-state index in [9.17, 15) is 19.2 Å². The topological polar surface area (TPSA) is 130 Å². The summed E-state index contributed by atoms with van der Waals surface area (Å²) in [5.74, 6) is -1.29. The number of methoxy groups -OCH3 is 4. The molecule has 0 aliphatic heterocycles. The fraction of sp³-hybridized carbons (Fsp3) is 0.889. The maximum atomic E-state index is 11.4. The Kier molecular flexibility index (Phi) is 45.1. The molecule has 0 fully saturated rings. The lowest BCUT2D eigenvalue weighted by Gasteiger charge is -2.19. The van der Waals surface area contributed by atoms with Crippen molar-refractivity contribution < 1.29 is 47.0 Å². The molecule has 0 aromatic carbocycles. The molecule has 0 saturated heterocycles. The Hall–Kier alpha value is -1.63. The minimum Gasteiger partial charge on any atom is -0.468 e. The summed E-state index contributed by atoms with van der Waals surface area (Å²) in [6.45, 7) is 1.98. The first-order valence-electron chi connectivity index (χ1n) is 19.0. The van der Waals surface area contributed by atoms with E-state index in [1.54, 1.807) is 9.80 Å². The highest BCUT2D eigenvalue weighted by atomic mass is 28.2. The van der Waals surface area contributed by atoms with Crippen LogP contribution in [0.5, 0.6) is 0 Å². The minimum atomic E-state index is -0.322. The molecule has 0 aromatic heterocycles. The van der Waals surface area contributed by atoms with Crippen molar-refractivity contribution in [3.8, 4) is 0 Å². The average Bonchev–Trinajstić information content (AvgIpc) is 3.12. The zero-order valence-electron chi connectivity index (χ0n) is 32.8. The predicted octanol–water partition coefficient (Wildman–Crippen LogP) is 3.14. The van der Waals surface area contributed by atoms with Crippen LogP contribution in [0, 0.1) is 0 Å². The number of esters is 4. The van der Waals surface area contributed by atoms with Crippen LogP contribution in [0.4, 0.5) is 0 Å². The molecule has 0 saturated carbocycles. The van der Waals surface area contributed by atoms with Gasteiger partial charge in [-0.1, -0.05) is 103 Å². The van der Waals surface area contributed by atoms with Gasteiger partial charge in [0.05, 0.1) is 54.6 Å². The summed E-state index contributed by atoms with van der Waals surface area (Å²) in [5, 5.41) is 0. The molecule has 15 heteroatoms. The number of unbranched alkanes of at least 4 members (excludes halogenated alkanes) is 16. The number of hydrogen-bond acceptors (Lipinski definition) is 12. The molecule has 0 radical (unpaired) electrons. The highest BCUT2D eigenvalue weighted by Gasteiger charge is 2.16. The normalized spacial score (nSPS) is 11.1. The third-order valence-electron chi connectivity index (χ3n) is 8.47. The molecule has 0 N–H and O–H groups in total. The van der Waals surface area contributed by atoms with Gasteiger partial charge in [0.25, 0.3) is 0 Å². The molecule has 51 heavy (non-hydrogen) atoms. The molecular formula is C36H78N2O10Si3. The largest absolute Gasteiger partial charge is 0.468 e. The van der Waals surface area contributed by atoms with E-state index in [1.807, 2.05) is 14.2 Å². The van der Waals surface area contributed by atoms with Crippen molar-refractivity contribution in [3.05, 3.63) is 0 Å². The molecule has 0 atom stereocenters. The summed E-state index contributed by atoms with van der Waals surface area (Å²) >= 11 is 0. The second-order valence-corrected chi connectivity index (χ2v) is 16.2. The first-order chi connectivity index (χ1) is 24.3. The van der Waals surface area contributed by atoms with Crippen LogP contribution in [0.25, 0.3) is 0 Å². The van der Waals surface area contributed by atoms with Gasteiger partial charge in [0.1, 0.15) is 0 Å². The van der Waals surface area contributed by atoms with Gasteiger partial charge in [-0.2, -0.15) is 0 Å². The Labute approximate surface area is 320 Å². The monoisotopic (exact) mass is 782 g/mol. The Bertz CT molecular complexity index is 715. The Morgan fingerprint density at radius 2 is 0.588 bits per heavy atom. The molecule has 0 rings (SSSR count). The second kappa shape index (κ2) is 42.8. The van der Waals surface area contributed by atoms with Crippen molar-refractivity contribution >= 4 is 54.4 Å². The van der Waals surface area contributed by atoms with Gasteiger partial charge in [-0.15, -0.1) is 0 Å². The third kappa shape index (κ3) is 41.0. The molecule has 0 amide bonds. The van der Waals surface area contributed by atoms with E-state index in [1.165, 1.54) is 130 Å². The van der Waals surface area contributed by atoms with Crippen LogP contribution in [0.1, 0.15) is 116 Å². The highest BCUT2D eigenvalue weighted by Crippen LogP contribution is 2.12. The maximum Gasteiger partial charge on any atom is 0.319 e. The van der Waals surface area contributed by atoms with E-state index in [2.05, 4.69) is 18.9 Å². The van der Waals surface area contributed by atoms with E-state index >= 15 is 0 Å². The second-order valence-electron chi connectivity index (χ2n) is 12.8. The smallest absolute Gasteiger partial charge is 0.319 e. The Morgan fingerprint density at radius 3 is 0.804 bits per heavy atom. The van der Waals surface area contributed by atoms with Crippen molar-refractivity contribution in [2.75, 3.05) is 81.9 Å². The molecular weight excluding hydrogens is 705 g/mol. The first kappa shape index (κ1) is 53.7. The van der Waals surface area contributed by atoms with Gasteiger partial charge in [-0.3, -0.25) is 29.0 Å². The van der Waals surface area contributed by atoms with Gasteiger partial charge in [-0.25, -0.2) is 0 Å². The van der Waals surface area contributed by atoms with Crippen molar-refractivity contribution in [3.63, 3.8) is 0 Å². The van der Waals surface area contributed by atoms with E-state index in [4.69, 9.17) is 8.85 Å². The zero-order valence-corrected chi connectivity index (χ0v) is 35.6. The Morgan fingerprint density at radius 1 is 0.373 bits per heavy atom. The minimum absolute atomic E-state index is 0. The van der Waals surface area contributed by atoms with Crippen molar-refractivity contribution in [2.45, 2.75) is 128 Å². The molecule has 12 nitrogen and oxygen atoms in total. The van der Waals surface area contributed by atoms with Gasteiger partial charge in [0.2, 0.25) is 0 Å². The van der Waals surface area contributed by atoms with E-state index < -0.39 is 0 Å². The van der Waals surface area contributed by atoms with Crippen molar-refractivity contribution in [2.24, 2.45) is 0 Å². The van der Waals surface area contributed by atoms with Crippen LogP contribution >= 0.6 is 0 Å². The number of hydrogen-bond donors (Lipinski definition) is 0. The zero-order chi connectivity index (χ0) is 37.5. The maximum absolute atomic E-state index is 11.4. The Balaban J connectivity index is -0.000000886.